The lowest BCUT2D eigenvalue weighted by molar-refractivity contribution is -0.0942. The minimum Gasteiger partial charge on any atom is -0.400 e. The van der Waals surface area contributed by atoms with Crippen molar-refractivity contribution >= 4 is 0 Å². The van der Waals surface area contributed by atoms with Gasteiger partial charge in [0.1, 0.15) is 6.67 Å². The Kier molecular flexibility index (Phi) is 6.24. The SMILES string of the molecule is CC1CC(O)CC(CF)O1.CO. The Bertz CT molecular complexity index is 100. The number of ether oxygens (including phenoxy) is 1. The van der Waals surface area contributed by atoms with Crippen LogP contribution in [-0.4, -0.2) is 42.3 Å². The van der Waals surface area contributed by atoms with Crippen LogP contribution in [-0.2, 0) is 4.74 Å². The van der Waals surface area contributed by atoms with Crippen LogP contribution < -0.4 is 0 Å². The smallest absolute Gasteiger partial charge is 0.116 e. The van der Waals surface area contributed by atoms with Crippen molar-refractivity contribution in [2.45, 2.75) is 38.1 Å². The second-order valence-electron chi connectivity index (χ2n) is 2.85. The molecule has 74 valence electrons. The number of hydrogen-bond donors (Lipinski definition) is 2. The minimum absolute atomic E-state index is 0.00417. The Hall–Kier alpha value is -0.190. The van der Waals surface area contributed by atoms with Crippen LogP contribution in [0, 0.1) is 0 Å². The Balaban J connectivity index is 0.000000561. The van der Waals surface area contributed by atoms with E-state index in [0.29, 0.717) is 12.8 Å². The van der Waals surface area contributed by atoms with E-state index in [2.05, 4.69) is 0 Å². The van der Waals surface area contributed by atoms with Crippen LogP contribution in [0.1, 0.15) is 19.8 Å². The fourth-order valence-corrected chi connectivity index (χ4v) is 1.32. The van der Waals surface area contributed by atoms with Gasteiger partial charge in [0.2, 0.25) is 0 Å². The van der Waals surface area contributed by atoms with Crippen molar-refractivity contribution in [2.24, 2.45) is 0 Å². The molecule has 0 saturated carbocycles. The van der Waals surface area contributed by atoms with Gasteiger partial charge in [-0.2, -0.15) is 0 Å². The molecule has 3 unspecified atom stereocenters. The van der Waals surface area contributed by atoms with E-state index in [4.69, 9.17) is 14.9 Å². The van der Waals surface area contributed by atoms with Gasteiger partial charge in [0, 0.05) is 13.5 Å². The van der Waals surface area contributed by atoms with Gasteiger partial charge in [0.15, 0.2) is 0 Å². The summed E-state index contributed by atoms with van der Waals surface area (Å²) >= 11 is 0. The van der Waals surface area contributed by atoms with Crippen molar-refractivity contribution in [3.63, 3.8) is 0 Å². The standard InChI is InChI=1S/C7H13FO2.CH4O/c1-5-2-6(9)3-7(4-8)10-5;1-2/h5-7,9H,2-4H2,1H3;2H,1H3. The number of halogens is 1. The molecule has 1 saturated heterocycles. The highest BCUT2D eigenvalue weighted by atomic mass is 19.1. The van der Waals surface area contributed by atoms with Gasteiger partial charge < -0.3 is 14.9 Å². The largest absolute Gasteiger partial charge is 0.400 e. The van der Waals surface area contributed by atoms with E-state index in [0.717, 1.165) is 7.11 Å². The van der Waals surface area contributed by atoms with Crippen LogP contribution >= 0.6 is 0 Å². The third-order valence-electron chi connectivity index (χ3n) is 1.74. The molecule has 1 rings (SSSR count). The van der Waals surface area contributed by atoms with Crippen molar-refractivity contribution in [3.05, 3.63) is 0 Å². The lowest BCUT2D eigenvalue weighted by atomic mass is 10.0. The average Bonchev–Trinajstić information content (AvgIpc) is 2.06. The molecule has 0 aliphatic carbocycles. The number of alkyl halides is 1. The zero-order chi connectivity index (χ0) is 9.56. The van der Waals surface area contributed by atoms with Crippen molar-refractivity contribution in [1.82, 2.24) is 0 Å². The van der Waals surface area contributed by atoms with Crippen LogP contribution in [0.2, 0.25) is 0 Å². The zero-order valence-electron chi connectivity index (χ0n) is 7.53. The predicted molar refractivity (Wildman–Crippen MR) is 43.7 cm³/mol. The molecule has 0 spiro atoms. The maximum Gasteiger partial charge on any atom is 0.116 e. The summed E-state index contributed by atoms with van der Waals surface area (Å²) in [6.45, 7) is 1.37. The molecular weight excluding hydrogens is 163 g/mol. The third-order valence-corrected chi connectivity index (χ3v) is 1.74. The highest BCUT2D eigenvalue weighted by Crippen LogP contribution is 2.19. The Morgan fingerprint density at radius 3 is 2.42 bits per heavy atom. The van der Waals surface area contributed by atoms with Crippen LogP contribution in [0.5, 0.6) is 0 Å². The molecule has 0 aromatic carbocycles. The Morgan fingerprint density at radius 2 is 2.00 bits per heavy atom. The molecule has 1 heterocycles. The predicted octanol–water partition coefficient (Wildman–Crippen LogP) is 0.493. The van der Waals surface area contributed by atoms with Crippen molar-refractivity contribution in [2.75, 3.05) is 13.8 Å². The van der Waals surface area contributed by atoms with Crippen molar-refractivity contribution < 1.29 is 19.3 Å². The molecule has 0 aromatic heterocycles. The van der Waals surface area contributed by atoms with Gasteiger partial charge in [-0.15, -0.1) is 0 Å². The van der Waals surface area contributed by atoms with Gasteiger partial charge in [-0.3, -0.25) is 0 Å². The number of hydrogen-bond acceptors (Lipinski definition) is 3. The molecule has 1 fully saturated rings. The summed E-state index contributed by atoms with van der Waals surface area (Å²) in [5.74, 6) is 0. The lowest BCUT2D eigenvalue weighted by Crippen LogP contribution is -2.35. The molecule has 12 heavy (non-hydrogen) atoms. The first-order valence-corrected chi connectivity index (χ1v) is 4.06. The molecular formula is C8H17FO3. The topological polar surface area (TPSA) is 49.7 Å². The lowest BCUT2D eigenvalue weighted by Gasteiger charge is -2.29. The summed E-state index contributed by atoms with van der Waals surface area (Å²) in [5, 5.41) is 16.1. The third kappa shape index (κ3) is 3.99. The summed E-state index contributed by atoms with van der Waals surface area (Å²) in [6, 6.07) is 0. The number of rotatable bonds is 1. The Morgan fingerprint density at radius 1 is 1.42 bits per heavy atom. The van der Waals surface area contributed by atoms with E-state index in [1.807, 2.05) is 6.92 Å². The summed E-state index contributed by atoms with van der Waals surface area (Å²) < 4.78 is 17.2. The van der Waals surface area contributed by atoms with Gasteiger partial charge in [0.25, 0.3) is 0 Å². The minimum atomic E-state index is -0.485. The molecule has 1 aliphatic rings. The first-order valence-electron chi connectivity index (χ1n) is 4.06. The summed E-state index contributed by atoms with van der Waals surface area (Å²) in [5.41, 5.74) is 0. The molecule has 2 N–H and O–H groups in total. The first-order chi connectivity index (χ1) is 5.72. The van der Waals surface area contributed by atoms with Crippen molar-refractivity contribution in [1.29, 1.82) is 0 Å². The summed E-state index contributed by atoms with van der Waals surface area (Å²) in [4.78, 5) is 0. The highest BCUT2D eigenvalue weighted by molar-refractivity contribution is 4.73. The van der Waals surface area contributed by atoms with Crippen LogP contribution in [0.25, 0.3) is 0 Å². The normalized spacial score (nSPS) is 35.2. The average molecular weight is 180 g/mol. The van der Waals surface area contributed by atoms with Gasteiger partial charge in [-0.1, -0.05) is 0 Å². The number of aliphatic hydroxyl groups excluding tert-OH is 2. The number of aliphatic hydroxyl groups is 2. The van der Waals surface area contributed by atoms with Gasteiger partial charge in [-0.25, -0.2) is 4.39 Å². The van der Waals surface area contributed by atoms with E-state index in [1.165, 1.54) is 0 Å². The molecule has 0 radical (unpaired) electrons. The van der Waals surface area contributed by atoms with Crippen LogP contribution in [0.3, 0.4) is 0 Å². The van der Waals surface area contributed by atoms with Gasteiger partial charge in [0.05, 0.1) is 18.3 Å². The monoisotopic (exact) mass is 180 g/mol. The maximum atomic E-state index is 12.0. The van der Waals surface area contributed by atoms with E-state index in [1.54, 1.807) is 0 Å². The molecule has 0 amide bonds. The van der Waals surface area contributed by atoms with Crippen LogP contribution in [0.4, 0.5) is 4.39 Å². The second-order valence-corrected chi connectivity index (χ2v) is 2.85. The quantitative estimate of drug-likeness (QED) is 0.617. The van der Waals surface area contributed by atoms with E-state index >= 15 is 0 Å². The Labute approximate surface area is 72.2 Å². The molecule has 0 bridgehead atoms. The van der Waals surface area contributed by atoms with E-state index in [-0.39, 0.29) is 18.3 Å². The van der Waals surface area contributed by atoms with Gasteiger partial charge in [-0.05, 0) is 13.3 Å². The van der Waals surface area contributed by atoms with Crippen LogP contribution in [0.15, 0.2) is 0 Å². The molecule has 3 atom stereocenters. The van der Waals surface area contributed by atoms with Gasteiger partial charge >= 0.3 is 0 Å². The highest BCUT2D eigenvalue weighted by Gasteiger charge is 2.25. The first kappa shape index (κ1) is 11.8. The molecule has 0 aromatic rings. The van der Waals surface area contributed by atoms with E-state index < -0.39 is 6.67 Å². The fraction of sp³-hybridized carbons (Fsp3) is 1.00. The molecule has 4 heteroatoms. The molecule has 1 aliphatic heterocycles. The van der Waals surface area contributed by atoms with Crippen molar-refractivity contribution in [3.8, 4) is 0 Å². The zero-order valence-corrected chi connectivity index (χ0v) is 7.53. The summed E-state index contributed by atoms with van der Waals surface area (Å²) in [7, 11) is 1.00. The maximum absolute atomic E-state index is 12.0. The molecule has 3 nitrogen and oxygen atoms in total. The van der Waals surface area contributed by atoms with E-state index in [9.17, 15) is 4.39 Å². The summed E-state index contributed by atoms with van der Waals surface area (Å²) in [6.07, 6.45) is 0.338. The second kappa shape index (κ2) is 6.34. The fourth-order valence-electron chi connectivity index (χ4n) is 1.32.